The Morgan fingerprint density at radius 2 is 1.61 bits per heavy atom. The molecule has 0 fully saturated rings. The number of carbonyl (C=O) groups excluding carboxylic acids is 1. The molecule has 2 N–H and O–H groups in total. The van der Waals surface area contributed by atoms with Crippen molar-refractivity contribution in [3.8, 4) is 11.3 Å². The average molecular weight is 552 g/mol. The lowest BCUT2D eigenvalue weighted by molar-refractivity contribution is 0.102. The molecular formula is C34H41N5O2. The number of benzene rings is 3. The molecule has 0 saturated heterocycles. The topological polar surface area (TPSA) is 79.3 Å². The SMILES string of the molecule is CCN(CC)Cc1ccc(Nc2nc(-c3cccc(NC(=O)c4ccc(C(C)(C)C)cc4)c3C)cn(C)c2=O)cc1. The number of hydrogen-bond acceptors (Lipinski definition) is 5. The fourth-order valence-electron chi connectivity index (χ4n) is 4.72. The molecule has 0 spiro atoms. The first-order valence-corrected chi connectivity index (χ1v) is 14.2. The Bertz CT molecular complexity index is 1560. The second-order valence-corrected chi connectivity index (χ2v) is 11.4. The van der Waals surface area contributed by atoms with Crippen molar-refractivity contribution in [2.24, 2.45) is 7.05 Å². The van der Waals surface area contributed by atoms with Crippen LogP contribution in [0.5, 0.6) is 0 Å². The van der Waals surface area contributed by atoms with Gasteiger partial charge in [-0.15, -0.1) is 0 Å². The van der Waals surface area contributed by atoms with Crippen LogP contribution < -0.4 is 16.2 Å². The van der Waals surface area contributed by atoms with Crippen molar-refractivity contribution >= 4 is 23.1 Å². The molecule has 0 aliphatic carbocycles. The fraction of sp³-hybridized carbons (Fsp3) is 0.324. The lowest BCUT2D eigenvalue weighted by Crippen LogP contribution is -2.22. The van der Waals surface area contributed by atoms with E-state index in [1.54, 1.807) is 13.2 Å². The minimum atomic E-state index is -0.221. The molecule has 4 aromatic rings. The minimum Gasteiger partial charge on any atom is -0.336 e. The van der Waals surface area contributed by atoms with Crippen molar-refractivity contribution in [1.29, 1.82) is 0 Å². The Balaban J connectivity index is 1.57. The van der Waals surface area contributed by atoms with Crippen LogP contribution in [0.25, 0.3) is 11.3 Å². The number of anilines is 3. The maximum Gasteiger partial charge on any atom is 0.293 e. The first-order chi connectivity index (χ1) is 19.5. The van der Waals surface area contributed by atoms with E-state index in [9.17, 15) is 9.59 Å². The van der Waals surface area contributed by atoms with E-state index in [0.29, 0.717) is 16.9 Å². The molecular weight excluding hydrogens is 510 g/mol. The lowest BCUT2D eigenvalue weighted by atomic mass is 9.86. The van der Waals surface area contributed by atoms with Crippen molar-refractivity contribution in [3.63, 3.8) is 0 Å². The van der Waals surface area contributed by atoms with Gasteiger partial charge in [0.1, 0.15) is 0 Å². The summed E-state index contributed by atoms with van der Waals surface area (Å²) >= 11 is 0. The fourth-order valence-corrected chi connectivity index (χ4v) is 4.72. The van der Waals surface area contributed by atoms with Crippen LogP contribution >= 0.6 is 0 Å². The molecule has 0 radical (unpaired) electrons. The second-order valence-electron chi connectivity index (χ2n) is 11.4. The van der Waals surface area contributed by atoms with E-state index in [2.05, 4.69) is 62.3 Å². The van der Waals surface area contributed by atoms with Gasteiger partial charge in [0, 0.05) is 42.3 Å². The van der Waals surface area contributed by atoms with E-state index in [0.717, 1.165) is 36.4 Å². The number of aromatic nitrogens is 2. The Morgan fingerprint density at radius 3 is 2.22 bits per heavy atom. The molecule has 0 aliphatic heterocycles. The van der Waals surface area contributed by atoms with Gasteiger partial charge in [0.25, 0.3) is 11.5 Å². The summed E-state index contributed by atoms with van der Waals surface area (Å²) in [4.78, 5) is 33.1. The number of carbonyl (C=O) groups is 1. The standard InChI is InChI=1S/C34H41N5O2/c1-8-39(9-2)21-24-13-19-27(20-14-24)35-31-33(41)38(7)22-30(36-31)28-11-10-12-29(23(28)3)37-32(40)25-15-17-26(18-16-25)34(4,5)6/h10-20,22H,8-9,21H2,1-7H3,(H,35,36)(H,37,40). The summed E-state index contributed by atoms with van der Waals surface area (Å²) in [6.07, 6.45) is 1.72. The summed E-state index contributed by atoms with van der Waals surface area (Å²) in [5.74, 6) is 0.0696. The number of aryl methyl sites for hydroxylation is 1. The predicted molar refractivity (Wildman–Crippen MR) is 169 cm³/mol. The molecule has 0 aliphatic rings. The number of rotatable bonds is 9. The highest BCUT2D eigenvalue weighted by Crippen LogP contribution is 2.29. The van der Waals surface area contributed by atoms with Crippen LogP contribution in [-0.2, 0) is 19.0 Å². The summed E-state index contributed by atoms with van der Waals surface area (Å²) in [6, 6.07) is 21.5. The maximum absolute atomic E-state index is 13.1. The van der Waals surface area contributed by atoms with E-state index < -0.39 is 0 Å². The summed E-state index contributed by atoms with van der Waals surface area (Å²) in [5, 5.41) is 6.25. The molecule has 0 unspecified atom stereocenters. The van der Waals surface area contributed by atoms with Gasteiger partial charge in [-0.3, -0.25) is 14.5 Å². The van der Waals surface area contributed by atoms with Crippen LogP contribution in [-0.4, -0.2) is 33.4 Å². The molecule has 7 nitrogen and oxygen atoms in total. The summed E-state index contributed by atoms with van der Waals surface area (Å²) < 4.78 is 1.53. The molecule has 0 atom stereocenters. The highest BCUT2D eigenvalue weighted by molar-refractivity contribution is 6.05. The second kappa shape index (κ2) is 12.5. The molecule has 0 saturated carbocycles. The number of nitrogens with one attached hydrogen (secondary N) is 2. The third-order valence-corrected chi connectivity index (χ3v) is 7.46. The van der Waals surface area contributed by atoms with Gasteiger partial charge < -0.3 is 15.2 Å². The monoisotopic (exact) mass is 551 g/mol. The molecule has 4 rings (SSSR count). The van der Waals surface area contributed by atoms with Crippen LogP contribution in [0.1, 0.15) is 61.7 Å². The minimum absolute atomic E-state index is 0.0190. The average Bonchev–Trinajstić information content (AvgIpc) is 2.95. The predicted octanol–water partition coefficient (Wildman–Crippen LogP) is 6.89. The zero-order valence-electron chi connectivity index (χ0n) is 25.2. The highest BCUT2D eigenvalue weighted by Gasteiger charge is 2.17. The van der Waals surface area contributed by atoms with Crippen LogP contribution in [0.15, 0.2) is 77.7 Å². The van der Waals surface area contributed by atoms with E-state index in [1.165, 1.54) is 15.7 Å². The number of amides is 1. The summed E-state index contributed by atoms with van der Waals surface area (Å²) in [6.45, 7) is 15.6. The van der Waals surface area contributed by atoms with Gasteiger partial charge in [-0.1, -0.05) is 71.0 Å². The van der Waals surface area contributed by atoms with Gasteiger partial charge in [0.15, 0.2) is 5.82 Å². The number of nitrogens with zero attached hydrogens (tertiary/aromatic N) is 3. The summed E-state index contributed by atoms with van der Waals surface area (Å²) in [5.41, 5.74) is 6.61. The third-order valence-electron chi connectivity index (χ3n) is 7.46. The van der Waals surface area contributed by atoms with Crippen LogP contribution in [0.3, 0.4) is 0 Å². The Kier molecular flexibility index (Phi) is 9.08. The third kappa shape index (κ3) is 7.11. The largest absolute Gasteiger partial charge is 0.336 e. The molecule has 214 valence electrons. The molecule has 7 heteroatoms. The van der Waals surface area contributed by atoms with Crippen molar-refractivity contribution < 1.29 is 4.79 Å². The van der Waals surface area contributed by atoms with Gasteiger partial charge in [0.05, 0.1) is 5.69 Å². The first-order valence-electron chi connectivity index (χ1n) is 14.2. The van der Waals surface area contributed by atoms with Gasteiger partial charge in [-0.05, 0) is 72.5 Å². The Morgan fingerprint density at radius 1 is 0.951 bits per heavy atom. The van der Waals surface area contributed by atoms with Crippen LogP contribution in [0.4, 0.5) is 17.2 Å². The van der Waals surface area contributed by atoms with E-state index in [1.807, 2.05) is 61.5 Å². The quantitative estimate of drug-likeness (QED) is 0.237. The normalized spacial score (nSPS) is 11.5. The smallest absolute Gasteiger partial charge is 0.293 e. The zero-order valence-corrected chi connectivity index (χ0v) is 25.2. The van der Waals surface area contributed by atoms with Crippen molar-refractivity contribution in [2.75, 3.05) is 23.7 Å². The summed E-state index contributed by atoms with van der Waals surface area (Å²) in [7, 11) is 1.72. The zero-order chi connectivity index (χ0) is 29.7. The maximum atomic E-state index is 13.1. The molecule has 41 heavy (non-hydrogen) atoms. The molecule has 0 bridgehead atoms. The first kappa shape index (κ1) is 29.7. The van der Waals surface area contributed by atoms with Gasteiger partial charge >= 0.3 is 0 Å². The van der Waals surface area contributed by atoms with Crippen molar-refractivity contribution in [2.45, 2.75) is 53.5 Å². The van der Waals surface area contributed by atoms with Gasteiger partial charge in [-0.25, -0.2) is 4.98 Å². The van der Waals surface area contributed by atoms with Gasteiger partial charge in [-0.2, -0.15) is 0 Å². The van der Waals surface area contributed by atoms with Crippen LogP contribution in [0.2, 0.25) is 0 Å². The molecule has 1 heterocycles. The van der Waals surface area contributed by atoms with E-state index >= 15 is 0 Å². The van der Waals surface area contributed by atoms with Crippen molar-refractivity contribution in [3.05, 3.63) is 106 Å². The highest BCUT2D eigenvalue weighted by atomic mass is 16.1. The molecule has 3 aromatic carbocycles. The molecule has 1 aromatic heterocycles. The van der Waals surface area contributed by atoms with E-state index in [4.69, 9.17) is 4.98 Å². The van der Waals surface area contributed by atoms with Crippen LogP contribution in [0, 0.1) is 6.92 Å². The lowest BCUT2D eigenvalue weighted by Gasteiger charge is -2.19. The van der Waals surface area contributed by atoms with E-state index in [-0.39, 0.29) is 22.7 Å². The number of hydrogen-bond donors (Lipinski definition) is 2. The van der Waals surface area contributed by atoms with Crippen molar-refractivity contribution in [1.82, 2.24) is 14.5 Å². The Hall–Kier alpha value is -4.23. The van der Waals surface area contributed by atoms with Gasteiger partial charge in [0.2, 0.25) is 0 Å². The molecule has 1 amide bonds. The Labute approximate surface area is 243 Å².